The third kappa shape index (κ3) is 5.59. The minimum Gasteiger partial charge on any atom is -0.322 e. The Kier molecular flexibility index (Phi) is 7.05. The first-order chi connectivity index (χ1) is 16.0. The average Bonchev–Trinajstić information content (AvgIpc) is 3.32. The van der Waals surface area contributed by atoms with E-state index in [4.69, 9.17) is 0 Å². The van der Waals surface area contributed by atoms with Crippen molar-refractivity contribution in [3.8, 4) is 5.69 Å². The second-order valence-electron chi connectivity index (χ2n) is 7.94. The highest BCUT2D eigenvalue weighted by Gasteiger charge is 2.13. The topological polar surface area (TPSA) is 64.0 Å². The van der Waals surface area contributed by atoms with Crippen molar-refractivity contribution in [2.45, 2.75) is 24.9 Å². The molecule has 0 unspecified atom stereocenters. The lowest BCUT2D eigenvalue weighted by atomic mass is 10.0. The van der Waals surface area contributed by atoms with Crippen molar-refractivity contribution in [3.63, 3.8) is 0 Å². The molecule has 1 aromatic heterocycles. The van der Waals surface area contributed by atoms with Gasteiger partial charge in [-0.25, -0.2) is 4.98 Å². The number of thioether (sulfide) groups is 1. The highest BCUT2D eigenvalue weighted by Crippen LogP contribution is 2.23. The lowest BCUT2D eigenvalue weighted by molar-refractivity contribution is 0.101. The van der Waals surface area contributed by atoms with Gasteiger partial charge in [0.05, 0.1) is 5.75 Å². The minimum absolute atomic E-state index is 0.0563. The summed E-state index contributed by atoms with van der Waals surface area (Å²) in [4.78, 5) is 29.8. The monoisotopic (exact) mass is 455 g/mol. The zero-order valence-electron chi connectivity index (χ0n) is 18.6. The minimum atomic E-state index is -0.183. The molecule has 0 bridgehead atoms. The van der Waals surface area contributed by atoms with Crippen molar-refractivity contribution < 1.29 is 9.59 Å². The Morgan fingerprint density at radius 1 is 0.939 bits per heavy atom. The summed E-state index contributed by atoms with van der Waals surface area (Å²) in [7, 11) is 0. The second kappa shape index (κ2) is 10.3. The van der Waals surface area contributed by atoms with E-state index < -0.39 is 0 Å². The van der Waals surface area contributed by atoms with Gasteiger partial charge in [-0.15, -0.1) is 0 Å². The third-order valence-corrected chi connectivity index (χ3v) is 6.22. The number of imidazole rings is 1. The molecule has 4 rings (SSSR count). The number of nitrogens with one attached hydrogen (secondary N) is 1. The van der Waals surface area contributed by atoms with Crippen LogP contribution in [0.1, 0.15) is 46.0 Å². The molecule has 0 atom stereocenters. The number of rotatable bonds is 8. The second-order valence-corrected chi connectivity index (χ2v) is 8.88. The molecule has 0 saturated heterocycles. The van der Waals surface area contributed by atoms with Crippen LogP contribution in [-0.4, -0.2) is 27.0 Å². The van der Waals surface area contributed by atoms with E-state index in [0.29, 0.717) is 22.2 Å². The molecule has 0 radical (unpaired) electrons. The molecule has 0 spiro atoms. The van der Waals surface area contributed by atoms with Gasteiger partial charge in [-0.05, 0) is 41.8 Å². The lowest BCUT2D eigenvalue weighted by Gasteiger charge is -2.10. The van der Waals surface area contributed by atoms with Crippen LogP contribution in [0.5, 0.6) is 0 Å². The summed E-state index contributed by atoms with van der Waals surface area (Å²) >= 11 is 1.38. The molecule has 166 valence electrons. The molecule has 0 saturated carbocycles. The first-order valence-electron chi connectivity index (χ1n) is 10.8. The first kappa shape index (κ1) is 22.6. The Morgan fingerprint density at radius 2 is 1.70 bits per heavy atom. The molecule has 1 heterocycles. The van der Waals surface area contributed by atoms with Gasteiger partial charge in [0.1, 0.15) is 0 Å². The van der Waals surface area contributed by atoms with Crippen LogP contribution >= 0.6 is 11.8 Å². The van der Waals surface area contributed by atoms with Gasteiger partial charge in [0.25, 0.3) is 5.91 Å². The van der Waals surface area contributed by atoms with E-state index in [1.54, 1.807) is 12.3 Å². The summed E-state index contributed by atoms with van der Waals surface area (Å²) in [5.74, 6) is 0.589. The van der Waals surface area contributed by atoms with Crippen molar-refractivity contribution in [2.75, 3.05) is 11.1 Å². The van der Waals surface area contributed by atoms with Gasteiger partial charge in [-0.2, -0.15) is 0 Å². The smallest absolute Gasteiger partial charge is 0.255 e. The summed E-state index contributed by atoms with van der Waals surface area (Å²) in [6.07, 6.45) is 3.53. The van der Waals surface area contributed by atoms with E-state index in [-0.39, 0.29) is 17.4 Å². The molecular formula is C27H25N3O2S. The predicted octanol–water partition coefficient (Wildman–Crippen LogP) is 6.22. The van der Waals surface area contributed by atoms with E-state index in [0.717, 1.165) is 11.4 Å². The van der Waals surface area contributed by atoms with Gasteiger partial charge in [-0.1, -0.05) is 74.1 Å². The van der Waals surface area contributed by atoms with Gasteiger partial charge < -0.3 is 5.32 Å². The molecule has 0 aliphatic rings. The number of hydrogen-bond donors (Lipinski definition) is 1. The zero-order valence-corrected chi connectivity index (χ0v) is 19.4. The molecule has 3 aromatic carbocycles. The van der Waals surface area contributed by atoms with Crippen LogP contribution in [0.3, 0.4) is 0 Å². The van der Waals surface area contributed by atoms with Crippen LogP contribution in [0.2, 0.25) is 0 Å². The number of carbonyl (C=O) groups excluding carboxylic acids is 2. The number of benzene rings is 3. The number of aromatic nitrogens is 2. The fourth-order valence-electron chi connectivity index (χ4n) is 3.38. The Balaban J connectivity index is 1.45. The highest BCUT2D eigenvalue weighted by atomic mass is 32.2. The Hall–Kier alpha value is -3.64. The van der Waals surface area contributed by atoms with E-state index in [1.165, 1.54) is 17.3 Å². The van der Waals surface area contributed by atoms with E-state index in [1.807, 2.05) is 83.6 Å². The quantitative estimate of drug-likeness (QED) is 0.253. The van der Waals surface area contributed by atoms with Crippen LogP contribution in [0.15, 0.2) is 96.4 Å². The SMILES string of the molecule is CC(C)c1ccc(C(=O)CSc2nccn2-c2cccc(C(=O)Nc3ccccc3)c2)cc1. The van der Waals surface area contributed by atoms with E-state index in [2.05, 4.69) is 24.1 Å². The molecule has 0 fully saturated rings. The van der Waals surface area contributed by atoms with Crippen molar-refractivity contribution in [1.82, 2.24) is 9.55 Å². The normalized spacial score (nSPS) is 10.9. The molecule has 0 aliphatic carbocycles. The molecular weight excluding hydrogens is 430 g/mol. The Morgan fingerprint density at radius 3 is 2.42 bits per heavy atom. The number of para-hydroxylation sites is 1. The van der Waals surface area contributed by atoms with Crippen LogP contribution < -0.4 is 5.32 Å². The number of Topliss-reactive ketones (excluding diaryl/α,β-unsaturated/α-hetero) is 1. The largest absolute Gasteiger partial charge is 0.322 e. The number of amides is 1. The zero-order chi connectivity index (χ0) is 23.2. The number of anilines is 1. The number of nitrogens with zero attached hydrogens (tertiary/aromatic N) is 2. The first-order valence-corrected chi connectivity index (χ1v) is 11.8. The Labute approximate surface area is 197 Å². The fourth-order valence-corrected chi connectivity index (χ4v) is 4.25. The van der Waals surface area contributed by atoms with Gasteiger partial charge >= 0.3 is 0 Å². The fraction of sp³-hybridized carbons (Fsp3) is 0.148. The van der Waals surface area contributed by atoms with Crippen LogP contribution in [0, 0.1) is 0 Å². The maximum atomic E-state index is 12.7. The molecule has 4 aromatic rings. The average molecular weight is 456 g/mol. The molecule has 0 aliphatic heterocycles. The van der Waals surface area contributed by atoms with Gasteiger partial charge in [0.15, 0.2) is 10.9 Å². The third-order valence-electron chi connectivity index (χ3n) is 5.26. The summed E-state index contributed by atoms with van der Waals surface area (Å²) in [5.41, 5.74) is 4.01. The number of ketones is 1. The van der Waals surface area contributed by atoms with Gasteiger partial charge in [0, 0.05) is 34.9 Å². The number of carbonyl (C=O) groups is 2. The molecule has 33 heavy (non-hydrogen) atoms. The lowest BCUT2D eigenvalue weighted by Crippen LogP contribution is -2.12. The Bertz CT molecular complexity index is 1250. The summed E-state index contributed by atoms with van der Waals surface area (Å²) in [6.45, 7) is 4.26. The molecule has 5 nitrogen and oxygen atoms in total. The summed E-state index contributed by atoms with van der Waals surface area (Å²) in [5, 5.41) is 3.60. The molecule has 1 N–H and O–H groups in total. The van der Waals surface area contributed by atoms with Crippen molar-refractivity contribution in [2.24, 2.45) is 0 Å². The molecule has 1 amide bonds. The van der Waals surface area contributed by atoms with Crippen LogP contribution in [0.4, 0.5) is 5.69 Å². The highest BCUT2D eigenvalue weighted by molar-refractivity contribution is 7.99. The van der Waals surface area contributed by atoms with E-state index in [9.17, 15) is 9.59 Å². The van der Waals surface area contributed by atoms with Crippen molar-refractivity contribution in [1.29, 1.82) is 0 Å². The van der Waals surface area contributed by atoms with E-state index >= 15 is 0 Å². The summed E-state index contributed by atoms with van der Waals surface area (Å²) in [6, 6.07) is 24.5. The van der Waals surface area contributed by atoms with Crippen LogP contribution in [-0.2, 0) is 0 Å². The summed E-state index contributed by atoms with van der Waals surface area (Å²) < 4.78 is 1.89. The van der Waals surface area contributed by atoms with Crippen molar-refractivity contribution in [3.05, 3.63) is 108 Å². The maximum absolute atomic E-state index is 12.7. The maximum Gasteiger partial charge on any atom is 0.255 e. The number of hydrogen-bond acceptors (Lipinski definition) is 4. The van der Waals surface area contributed by atoms with Gasteiger partial charge in [0.2, 0.25) is 0 Å². The van der Waals surface area contributed by atoms with Crippen molar-refractivity contribution >= 4 is 29.1 Å². The van der Waals surface area contributed by atoms with Crippen LogP contribution in [0.25, 0.3) is 5.69 Å². The predicted molar refractivity (Wildman–Crippen MR) is 134 cm³/mol. The molecule has 6 heteroatoms. The van der Waals surface area contributed by atoms with Gasteiger partial charge in [-0.3, -0.25) is 14.2 Å². The standard InChI is InChI=1S/C27H25N3O2S/c1-19(2)20-11-13-21(14-12-20)25(31)18-33-27-28-15-16-30(27)24-10-6-7-22(17-24)26(32)29-23-8-4-3-5-9-23/h3-17,19H,18H2,1-2H3,(H,29,32).